The molecule has 3 amide bonds. The summed E-state index contributed by atoms with van der Waals surface area (Å²) in [5.74, 6) is -5.24. The van der Waals surface area contributed by atoms with Gasteiger partial charge in [-0.15, -0.1) is 0 Å². The molecule has 4 atom stereocenters. The van der Waals surface area contributed by atoms with Crippen LogP contribution in [-0.4, -0.2) is 76.5 Å². The third-order valence-electron chi connectivity index (χ3n) is 4.50. The Bertz CT molecular complexity index is 736. The van der Waals surface area contributed by atoms with Crippen molar-refractivity contribution < 1.29 is 34.2 Å². The van der Waals surface area contributed by atoms with E-state index in [0.717, 1.165) is 0 Å². The largest absolute Gasteiger partial charge is 0.481 e. The molecule has 0 radical (unpaired) electrons. The molecule has 0 fully saturated rings. The van der Waals surface area contributed by atoms with Gasteiger partial charge in [-0.25, -0.2) is 4.79 Å². The van der Waals surface area contributed by atoms with Crippen LogP contribution in [0.5, 0.6) is 0 Å². The number of aliphatic carboxylic acids is 2. The number of carbonyl (C=O) groups is 5. The zero-order valence-corrected chi connectivity index (χ0v) is 19.0. The summed E-state index contributed by atoms with van der Waals surface area (Å²) >= 11 is 0. The molecule has 0 bridgehead atoms. The van der Waals surface area contributed by atoms with Crippen molar-refractivity contribution in [1.82, 2.24) is 16.0 Å². The van der Waals surface area contributed by atoms with Crippen LogP contribution in [0, 0.1) is 5.92 Å². The number of carboxylic acids is 2. The van der Waals surface area contributed by atoms with Crippen LogP contribution in [0.3, 0.4) is 0 Å². The number of nitrogens with one attached hydrogen (secondary N) is 3. The Morgan fingerprint density at radius 1 is 0.848 bits per heavy atom. The summed E-state index contributed by atoms with van der Waals surface area (Å²) in [6.45, 7) is 4.83. The van der Waals surface area contributed by atoms with E-state index in [1.165, 1.54) is 6.92 Å². The molecule has 0 saturated heterocycles. The summed E-state index contributed by atoms with van der Waals surface area (Å²) in [7, 11) is 0. The number of hydrogen-bond donors (Lipinski definition) is 8. The van der Waals surface area contributed by atoms with Gasteiger partial charge in [0.2, 0.25) is 17.7 Å². The zero-order valence-electron chi connectivity index (χ0n) is 19.0. The fraction of sp³-hybridized carbons (Fsp3) is 0.684. The molecule has 0 aliphatic carbocycles. The van der Waals surface area contributed by atoms with Crippen LogP contribution in [-0.2, 0) is 24.0 Å². The van der Waals surface area contributed by atoms with Crippen LogP contribution >= 0.6 is 0 Å². The molecule has 0 aromatic rings. The van der Waals surface area contributed by atoms with Crippen molar-refractivity contribution in [3.63, 3.8) is 0 Å². The van der Waals surface area contributed by atoms with Crippen molar-refractivity contribution in [2.24, 2.45) is 28.1 Å². The van der Waals surface area contributed by atoms with Gasteiger partial charge in [0.15, 0.2) is 5.96 Å². The molecule has 0 aliphatic rings. The van der Waals surface area contributed by atoms with Crippen LogP contribution in [0.2, 0.25) is 0 Å². The second-order valence-corrected chi connectivity index (χ2v) is 7.86. The Kier molecular flexibility index (Phi) is 13.1. The second-order valence-electron chi connectivity index (χ2n) is 7.86. The van der Waals surface area contributed by atoms with Crippen molar-refractivity contribution in [2.45, 2.75) is 70.6 Å². The highest BCUT2D eigenvalue weighted by Crippen LogP contribution is 2.07. The number of carbonyl (C=O) groups excluding carboxylic acids is 3. The van der Waals surface area contributed by atoms with E-state index in [9.17, 15) is 29.1 Å². The molecule has 0 aromatic carbocycles. The highest BCUT2D eigenvalue weighted by atomic mass is 16.4. The van der Waals surface area contributed by atoms with Crippen molar-refractivity contribution in [3.05, 3.63) is 0 Å². The Labute approximate surface area is 191 Å². The number of rotatable bonds is 15. The number of guanidine groups is 1. The number of nitrogens with two attached hydrogens (primary N) is 3. The third kappa shape index (κ3) is 12.3. The minimum absolute atomic E-state index is 0.0439. The minimum Gasteiger partial charge on any atom is -0.481 e. The summed E-state index contributed by atoms with van der Waals surface area (Å²) < 4.78 is 0. The molecule has 4 unspecified atom stereocenters. The lowest BCUT2D eigenvalue weighted by atomic mass is 10.0. The maximum atomic E-state index is 12.7. The van der Waals surface area contributed by atoms with Gasteiger partial charge in [0.1, 0.15) is 18.1 Å². The molecule has 14 nitrogen and oxygen atoms in total. The SMILES string of the molecule is CC(N)C(=O)NC(CCC(=O)O)C(=O)NC(C(=O)NC(CCCN=C(N)N)C(=O)O)C(C)C. The van der Waals surface area contributed by atoms with E-state index in [0.29, 0.717) is 0 Å². The highest BCUT2D eigenvalue weighted by Gasteiger charge is 2.31. The first kappa shape index (κ1) is 29.6. The predicted octanol–water partition coefficient (Wildman–Crippen LogP) is -2.55. The van der Waals surface area contributed by atoms with Crippen LogP contribution in [0.4, 0.5) is 0 Å². The Morgan fingerprint density at radius 2 is 1.42 bits per heavy atom. The van der Waals surface area contributed by atoms with Crippen LogP contribution in [0.1, 0.15) is 46.5 Å². The predicted molar refractivity (Wildman–Crippen MR) is 119 cm³/mol. The van der Waals surface area contributed by atoms with E-state index >= 15 is 0 Å². The standard InChI is InChI=1S/C19H35N7O7/c1-9(2)14(17(31)25-12(18(32)33)5-4-8-23-19(21)22)26-16(30)11(6-7-13(27)28)24-15(29)10(3)20/h9-12,14H,4-8,20H2,1-3H3,(H,24,29)(H,25,31)(H,26,30)(H,27,28)(H,32,33)(H4,21,22,23). The van der Waals surface area contributed by atoms with Gasteiger partial charge >= 0.3 is 11.9 Å². The molecule has 0 saturated carbocycles. The number of nitrogens with zero attached hydrogens (tertiary/aromatic N) is 1. The number of amides is 3. The normalized spacial score (nSPS) is 14.3. The number of carboxylic acid groups (broad SMARTS) is 2. The van der Waals surface area contributed by atoms with Crippen LogP contribution in [0.15, 0.2) is 4.99 Å². The van der Waals surface area contributed by atoms with E-state index in [1.54, 1.807) is 13.8 Å². The number of hydrogen-bond acceptors (Lipinski definition) is 7. The van der Waals surface area contributed by atoms with E-state index in [2.05, 4.69) is 20.9 Å². The summed E-state index contributed by atoms with van der Waals surface area (Å²) in [4.78, 5) is 63.6. The first-order valence-corrected chi connectivity index (χ1v) is 10.4. The van der Waals surface area contributed by atoms with Gasteiger partial charge < -0.3 is 43.4 Å². The van der Waals surface area contributed by atoms with Gasteiger partial charge in [0, 0.05) is 13.0 Å². The molecule has 188 valence electrons. The van der Waals surface area contributed by atoms with Crippen LogP contribution in [0.25, 0.3) is 0 Å². The second kappa shape index (κ2) is 14.6. The molecule has 0 spiro atoms. The van der Waals surface area contributed by atoms with E-state index in [1.807, 2.05) is 0 Å². The maximum absolute atomic E-state index is 12.7. The van der Waals surface area contributed by atoms with Gasteiger partial charge in [-0.2, -0.15) is 0 Å². The molecule has 14 heteroatoms. The van der Waals surface area contributed by atoms with Crippen molar-refractivity contribution in [2.75, 3.05) is 6.54 Å². The van der Waals surface area contributed by atoms with Gasteiger partial charge in [0.05, 0.1) is 6.04 Å². The monoisotopic (exact) mass is 473 g/mol. The molecule has 0 heterocycles. The van der Waals surface area contributed by atoms with E-state index in [-0.39, 0.29) is 31.8 Å². The van der Waals surface area contributed by atoms with Crippen molar-refractivity contribution in [3.8, 4) is 0 Å². The van der Waals surface area contributed by atoms with Crippen molar-refractivity contribution >= 4 is 35.6 Å². The first-order valence-electron chi connectivity index (χ1n) is 10.4. The van der Waals surface area contributed by atoms with Gasteiger partial charge in [-0.3, -0.25) is 24.2 Å². The van der Waals surface area contributed by atoms with E-state index in [4.69, 9.17) is 22.3 Å². The average molecular weight is 474 g/mol. The lowest BCUT2D eigenvalue weighted by Crippen LogP contribution is -2.58. The Hall–Kier alpha value is -3.42. The molecule has 0 aliphatic heterocycles. The molecule has 11 N–H and O–H groups in total. The lowest BCUT2D eigenvalue weighted by molar-refractivity contribution is -0.142. The molecular formula is C19H35N7O7. The maximum Gasteiger partial charge on any atom is 0.326 e. The summed E-state index contributed by atoms with van der Waals surface area (Å²) in [5.41, 5.74) is 15.9. The van der Waals surface area contributed by atoms with E-state index < -0.39 is 66.2 Å². The summed E-state index contributed by atoms with van der Waals surface area (Å²) in [5, 5.41) is 25.5. The fourth-order valence-corrected chi connectivity index (χ4v) is 2.65. The first-order chi connectivity index (χ1) is 15.3. The molecule has 33 heavy (non-hydrogen) atoms. The molecule has 0 rings (SSSR count). The van der Waals surface area contributed by atoms with Gasteiger partial charge in [-0.1, -0.05) is 13.8 Å². The topological polar surface area (TPSA) is 252 Å². The smallest absolute Gasteiger partial charge is 0.326 e. The zero-order chi connectivity index (χ0) is 25.7. The van der Waals surface area contributed by atoms with Crippen LogP contribution < -0.4 is 33.2 Å². The fourth-order valence-electron chi connectivity index (χ4n) is 2.65. The highest BCUT2D eigenvalue weighted by molar-refractivity contribution is 5.94. The van der Waals surface area contributed by atoms with Crippen molar-refractivity contribution in [1.29, 1.82) is 0 Å². The molecule has 0 aromatic heterocycles. The van der Waals surface area contributed by atoms with Gasteiger partial charge in [0.25, 0.3) is 0 Å². The number of aliphatic imine (C=N–C) groups is 1. The summed E-state index contributed by atoms with van der Waals surface area (Å²) in [6.07, 6.45) is -0.307. The Morgan fingerprint density at radius 3 is 1.88 bits per heavy atom. The Balaban J connectivity index is 5.32. The third-order valence-corrected chi connectivity index (χ3v) is 4.50. The average Bonchev–Trinajstić information content (AvgIpc) is 2.69. The van der Waals surface area contributed by atoms with Gasteiger partial charge in [-0.05, 0) is 32.1 Å². The summed E-state index contributed by atoms with van der Waals surface area (Å²) in [6, 6.07) is -4.57. The lowest BCUT2D eigenvalue weighted by Gasteiger charge is -2.26. The quantitative estimate of drug-likeness (QED) is 0.0701. The molecular weight excluding hydrogens is 438 g/mol. The minimum atomic E-state index is -1.27.